The predicted molar refractivity (Wildman–Crippen MR) is 69.0 cm³/mol. The summed E-state index contributed by atoms with van der Waals surface area (Å²) in [6.45, 7) is 1.66. The van der Waals surface area contributed by atoms with Crippen molar-refractivity contribution in [2.45, 2.75) is 6.92 Å². The maximum absolute atomic E-state index is 11.8. The standard InChI is InChI=1S/C15H12O4/c1-10-6-5-9-12(13(10)16)15(18)19-14(17)11-7-3-2-4-8-11/h2-9,16H,1H3. The molecule has 4 nitrogen and oxygen atoms in total. The summed E-state index contributed by atoms with van der Waals surface area (Å²) in [6, 6.07) is 12.9. The van der Waals surface area contributed by atoms with E-state index in [1.807, 2.05) is 0 Å². The summed E-state index contributed by atoms with van der Waals surface area (Å²) < 4.78 is 4.72. The number of carbonyl (C=O) groups excluding carboxylic acids is 2. The molecule has 2 rings (SSSR count). The van der Waals surface area contributed by atoms with Gasteiger partial charge in [-0.3, -0.25) is 0 Å². The zero-order valence-corrected chi connectivity index (χ0v) is 10.3. The molecule has 2 aromatic rings. The second-order valence-electron chi connectivity index (χ2n) is 4.01. The molecule has 0 unspecified atom stereocenters. The minimum Gasteiger partial charge on any atom is -0.507 e. The van der Waals surface area contributed by atoms with E-state index in [1.54, 1.807) is 49.4 Å². The summed E-state index contributed by atoms with van der Waals surface area (Å²) in [5.41, 5.74) is 0.800. The maximum atomic E-state index is 11.8. The van der Waals surface area contributed by atoms with Gasteiger partial charge in [-0.25, -0.2) is 9.59 Å². The minimum atomic E-state index is -0.866. The molecule has 2 aromatic carbocycles. The highest BCUT2D eigenvalue weighted by molar-refractivity contribution is 6.03. The molecule has 0 aromatic heterocycles. The van der Waals surface area contributed by atoms with Crippen LogP contribution in [0.5, 0.6) is 5.75 Å². The molecule has 0 saturated carbocycles. The number of carbonyl (C=O) groups is 2. The van der Waals surface area contributed by atoms with E-state index in [-0.39, 0.29) is 16.9 Å². The van der Waals surface area contributed by atoms with E-state index in [0.717, 1.165) is 0 Å². The highest BCUT2D eigenvalue weighted by Crippen LogP contribution is 2.22. The van der Waals surface area contributed by atoms with Gasteiger partial charge in [-0.2, -0.15) is 0 Å². The third-order valence-electron chi connectivity index (χ3n) is 2.65. The Morgan fingerprint density at radius 3 is 2.32 bits per heavy atom. The number of rotatable bonds is 2. The van der Waals surface area contributed by atoms with Crippen molar-refractivity contribution in [3.8, 4) is 5.75 Å². The van der Waals surface area contributed by atoms with Crippen LogP contribution in [0.3, 0.4) is 0 Å². The van der Waals surface area contributed by atoms with E-state index in [2.05, 4.69) is 0 Å². The van der Waals surface area contributed by atoms with Gasteiger partial charge >= 0.3 is 11.9 Å². The Morgan fingerprint density at radius 1 is 0.947 bits per heavy atom. The van der Waals surface area contributed by atoms with Gasteiger partial charge < -0.3 is 9.84 Å². The lowest BCUT2D eigenvalue weighted by Crippen LogP contribution is -2.13. The fourth-order valence-electron chi connectivity index (χ4n) is 1.60. The van der Waals surface area contributed by atoms with Crippen LogP contribution < -0.4 is 0 Å². The Bertz CT molecular complexity index is 617. The number of ether oxygens (including phenoxy) is 1. The van der Waals surface area contributed by atoms with Gasteiger partial charge in [0, 0.05) is 0 Å². The topological polar surface area (TPSA) is 63.6 Å². The second-order valence-corrected chi connectivity index (χ2v) is 4.01. The number of hydrogen-bond acceptors (Lipinski definition) is 4. The molecule has 0 aliphatic heterocycles. The Morgan fingerprint density at radius 2 is 1.63 bits per heavy atom. The van der Waals surface area contributed by atoms with Crippen LogP contribution in [0.25, 0.3) is 0 Å². The van der Waals surface area contributed by atoms with E-state index in [4.69, 9.17) is 4.74 Å². The predicted octanol–water partition coefficient (Wildman–Crippen LogP) is 2.70. The van der Waals surface area contributed by atoms with E-state index in [9.17, 15) is 14.7 Å². The number of para-hydroxylation sites is 1. The van der Waals surface area contributed by atoms with E-state index in [1.165, 1.54) is 6.07 Å². The molecule has 0 spiro atoms. The third-order valence-corrected chi connectivity index (χ3v) is 2.65. The van der Waals surface area contributed by atoms with Crippen molar-refractivity contribution in [3.63, 3.8) is 0 Å². The maximum Gasteiger partial charge on any atom is 0.349 e. The van der Waals surface area contributed by atoms with Crippen LogP contribution in [0.15, 0.2) is 48.5 Å². The number of benzene rings is 2. The first-order valence-corrected chi connectivity index (χ1v) is 5.69. The van der Waals surface area contributed by atoms with Crippen LogP contribution in [-0.2, 0) is 4.74 Å². The molecular formula is C15H12O4. The van der Waals surface area contributed by atoms with Crippen molar-refractivity contribution in [2.75, 3.05) is 0 Å². The molecule has 0 radical (unpaired) electrons. The van der Waals surface area contributed by atoms with Gasteiger partial charge in [-0.1, -0.05) is 30.3 Å². The highest BCUT2D eigenvalue weighted by atomic mass is 16.6. The van der Waals surface area contributed by atoms with Crippen molar-refractivity contribution >= 4 is 11.9 Å². The lowest BCUT2D eigenvalue weighted by atomic mass is 10.1. The molecule has 4 heteroatoms. The van der Waals surface area contributed by atoms with Crippen LogP contribution in [0.1, 0.15) is 26.3 Å². The van der Waals surface area contributed by atoms with Crippen molar-refractivity contribution in [3.05, 3.63) is 65.2 Å². The SMILES string of the molecule is Cc1cccc(C(=O)OC(=O)c2ccccc2)c1O. The van der Waals surface area contributed by atoms with Crippen LogP contribution in [-0.4, -0.2) is 17.0 Å². The lowest BCUT2D eigenvalue weighted by molar-refractivity contribution is 0.0396. The fraction of sp³-hybridized carbons (Fsp3) is 0.0667. The van der Waals surface area contributed by atoms with E-state index < -0.39 is 11.9 Å². The van der Waals surface area contributed by atoms with Gasteiger partial charge in [0.1, 0.15) is 11.3 Å². The molecule has 0 bridgehead atoms. The smallest absolute Gasteiger partial charge is 0.349 e. The van der Waals surface area contributed by atoms with Crippen LogP contribution in [0.4, 0.5) is 0 Å². The van der Waals surface area contributed by atoms with Crippen molar-refractivity contribution < 1.29 is 19.4 Å². The molecular weight excluding hydrogens is 244 g/mol. The third kappa shape index (κ3) is 2.80. The van der Waals surface area contributed by atoms with Gasteiger partial charge in [-0.15, -0.1) is 0 Å². The molecule has 0 aliphatic rings. The minimum absolute atomic E-state index is 0.0238. The Labute approximate surface area is 110 Å². The largest absolute Gasteiger partial charge is 0.507 e. The monoisotopic (exact) mass is 256 g/mol. The fourth-order valence-corrected chi connectivity index (χ4v) is 1.60. The van der Waals surface area contributed by atoms with Gasteiger partial charge in [0.15, 0.2) is 0 Å². The number of phenols is 1. The number of esters is 2. The van der Waals surface area contributed by atoms with Crippen LogP contribution >= 0.6 is 0 Å². The highest BCUT2D eigenvalue weighted by Gasteiger charge is 2.18. The second kappa shape index (κ2) is 5.35. The molecule has 0 heterocycles. The van der Waals surface area contributed by atoms with Gasteiger partial charge in [0.05, 0.1) is 5.56 Å². The van der Waals surface area contributed by atoms with Gasteiger partial charge in [0.2, 0.25) is 0 Å². The zero-order chi connectivity index (χ0) is 13.8. The molecule has 0 saturated heterocycles. The molecule has 0 aliphatic carbocycles. The molecule has 96 valence electrons. The average Bonchev–Trinajstić information content (AvgIpc) is 2.42. The first kappa shape index (κ1) is 12.8. The Hall–Kier alpha value is -2.62. The first-order chi connectivity index (χ1) is 9.09. The van der Waals surface area contributed by atoms with E-state index >= 15 is 0 Å². The zero-order valence-electron chi connectivity index (χ0n) is 10.3. The molecule has 1 N–H and O–H groups in total. The van der Waals surface area contributed by atoms with Gasteiger partial charge in [-0.05, 0) is 30.7 Å². The Balaban J connectivity index is 2.18. The molecule has 0 atom stereocenters. The summed E-state index contributed by atoms with van der Waals surface area (Å²) >= 11 is 0. The number of phenolic OH excluding ortho intramolecular Hbond substituents is 1. The number of hydrogen-bond donors (Lipinski definition) is 1. The first-order valence-electron chi connectivity index (χ1n) is 5.69. The number of aromatic hydroxyl groups is 1. The normalized spacial score (nSPS) is 9.95. The molecule has 19 heavy (non-hydrogen) atoms. The van der Waals surface area contributed by atoms with Gasteiger partial charge in [0.25, 0.3) is 0 Å². The van der Waals surface area contributed by atoms with Crippen LogP contribution in [0.2, 0.25) is 0 Å². The summed E-state index contributed by atoms with van der Waals surface area (Å²) in [6.07, 6.45) is 0. The van der Waals surface area contributed by atoms with Crippen LogP contribution in [0, 0.1) is 6.92 Å². The van der Waals surface area contributed by atoms with Crippen molar-refractivity contribution in [1.82, 2.24) is 0 Å². The van der Waals surface area contributed by atoms with Crippen molar-refractivity contribution in [1.29, 1.82) is 0 Å². The molecule has 0 fully saturated rings. The molecule has 0 amide bonds. The summed E-state index contributed by atoms with van der Waals surface area (Å²) in [5.74, 6) is -1.78. The Kier molecular flexibility index (Phi) is 3.61. The summed E-state index contributed by atoms with van der Waals surface area (Å²) in [5, 5.41) is 9.74. The quantitative estimate of drug-likeness (QED) is 0.662. The average molecular weight is 256 g/mol. The van der Waals surface area contributed by atoms with E-state index in [0.29, 0.717) is 5.56 Å². The number of aryl methyl sites for hydroxylation is 1. The summed E-state index contributed by atoms with van der Waals surface area (Å²) in [7, 11) is 0. The van der Waals surface area contributed by atoms with Crippen molar-refractivity contribution in [2.24, 2.45) is 0 Å². The summed E-state index contributed by atoms with van der Waals surface area (Å²) in [4.78, 5) is 23.5. The lowest BCUT2D eigenvalue weighted by Gasteiger charge is -2.06.